The highest BCUT2D eigenvalue weighted by Crippen LogP contribution is 2.27. The monoisotopic (exact) mass is 405 g/mol. The number of thioether (sulfide) groups is 1. The minimum Gasteiger partial charge on any atom is -0.467 e. The van der Waals surface area contributed by atoms with Gasteiger partial charge in [-0.25, -0.2) is 0 Å². The number of furan rings is 1. The van der Waals surface area contributed by atoms with Crippen molar-refractivity contribution >= 4 is 39.6 Å². The van der Waals surface area contributed by atoms with Crippen LogP contribution in [-0.4, -0.2) is 26.1 Å². The van der Waals surface area contributed by atoms with Crippen LogP contribution in [0, 0.1) is 0 Å². The molecule has 0 saturated heterocycles. The van der Waals surface area contributed by atoms with E-state index in [-0.39, 0.29) is 0 Å². The maximum absolute atomic E-state index is 5.30. The second kappa shape index (κ2) is 8.47. The van der Waals surface area contributed by atoms with Gasteiger partial charge in [0.2, 0.25) is 16.8 Å². The van der Waals surface area contributed by atoms with E-state index in [1.807, 2.05) is 29.6 Å². The Morgan fingerprint density at radius 2 is 2.19 bits per heavy atom. The minimum absolute atomic E-state index is 0.607. The van der Waals surface area contributed by atoms with Crippen molar-refractivity contribution in [2.24, 2.45) is 0 Å². The van der Waals surface area contributed by atoms with E-state index in [0.29, 0.717) is 18.3 Å². The van der Waals surface area contributed by atoms with Crippen molar-refractivity contribution in [2.75, 3.05) is 11.1 Å². The van der Waals surface area contributed by atoms with Crippen LogP contribution in [0.4, 0.5) is 5.13 Å². The van der Waals surface area contributed by atoms with Crippen LogP contribution < -0.4 is 5.32 Å². The van der Waals surface area contributed by atoms with Gasteiger partial charge in [-0.2, -0.15) is 4.98 Å². The molecule has 0 radical (unpaired) electrons. The molecule has 4 heterocycles. The van der Waals surface area contributed by atoms with E-state index in [1.165, 1.54) is 0 Å². The standard InChI is InChI=1S/C16H15N5O2S3/c1-4-11(22-7-1)10-17-15-19-20-16(26-15)25-9-3-6-13-18-14(21-23-13)12-5-2-8-24-12/h1-2,4-5,7-8H,3,6,9-10H2,(H,17,19). The summed E-state index contributed by atoms with van der Waals surface area (Å²) >= 11 is 4.83. The lowest BCUT2D eigenvalue weighted by Gasteiger charge is -1.97. The molecule has 4 aromatic heterocycles. The second-order valence-corrected chi connectivity index (χ2v) is 8.51. The molecule has 0 bridgehead atoms. The highest BCUT2D eigenvalue weighted by atomic mass is 32.2. The first-order valence-corrected chi connectivity index (χ1v) is 10.6. The Balaban J connectivity index is 1.19. The van der Waals surface area contributed by atoms with Crippen molar-refractivity contribution < 1.29 is 8.94 Å². The Morgan fingerprint density at radius 3 is 3.04 bits per heavy atom. The van der Waals surface area contributed by atoms with Gasteiger partial charge in [-0.3, -0.25) is 0 Å². The van der Waals surface area contributed by atoms with Gasteiger partial charge in [0.05, 0.1) is 17.7 Å². The molecule has 0 fully saturated rings. The number of aryl methyl sites for hydroxylation is 1. The van der Waals surface area contributed by atoms with Crippen LogP contribution in [-0.2, 0) is 13.0 Å². The third-order valence-electron chi connectivity index (χ3n) is 3.37. The van der Waals surface area contributed by atoms with Crippen LogP contribution in [0.3, 0.4) is 0 Å². The van der Waals surface area contributed by atoms with Crippen molar-refractivity contribution in [3.05, 3.63) is 47.6 Å². The summed E-state index contributed by atoms with van der Waals surface area (Å²) in [7, 11) is 0. The Bertz CT molecular complexity index is 918. The van der Waals surface area contributed by atoms with E-state index in [1.54, 1.807) is 40.7 Å². The Morgan fingerprint density at radius 1 is 1.19 bits per heavy atom. The van der Waals surface area contributed by atoms with Crippen LogP contribution >= 0.6 is 34.4 Å². The lowest BCUT2D eigenvalue weighted by molar-refractivity contribution is 0.378. The number of rotatable bonds is 9. The Kier molecular flexibility index (Phi) is 5.62. The van der Waals surface area contributed by atoms with Gasteiger partial charge in [0, 0.05) is 12.2 Å². The number of aromatic nitrogens is 4. The molecule has 4 aromatic rings. The first kappa shape index (κ1) is 17.3. The predicted molar refractivity (Wildman–Crippen MR) is 103 cm³/mol. The molecule has 0 atom stereocenters. The van der Waals surface area contributed by atoms with E-state index in [0.717, 1.165) is 38.7 Å². The van der Waals surface area contributed by atoms with Gasteiger partial charge in [0.15, 0.2) is 4.34 Å². The zero-order valence-electron chi connectivity index (χ0n) is 13.6. The summed E-state index contributed by atoms with van der Waals surface area (Å²) in [6.45, 7) is 0.607. The number of nitrogens with zero attached hydrogens (tertiary/aromatic N) is 4. The summed E-state index contributed by atoms with van der Waals surface area (Å²) in [6, 6.07) is 7.75. The van der Waals surface area contributed by atoms with Gasteiger partial charge in [-0.1, -0.05) is 34.3 Å². The van der Waals surface area contributed by atoms with Gasteiger partial charge in [-0.15, -0.1) is 21.5 Å². The summed E-state index contributed by atoms with van der Waals surface area (Å²) < 4.78 is 11.5. The number of hydrogen-bond acceptors (Lipinski definition) is 10. The lowest BCUT2D eigenvalue weighted by atomic mass is 10.3. The second-order valence-electron chi connectivity index (χ2n) is 5.25. The molecule has 0 unspecified atom stereocenters. The normalized spacial score (nSPS) is 11.1. The zero-order valence-corrected chi connectivity index (χ0v) is 16.1. The molecule has 0 aliphatic carbocycles. The molecule has 0 aromatic carbocycles. The molecule has 134 valence electrons. The molecular formula is C16H15N5O2S3. The van der Waals surface area contributed by atoms with Crippen molar-refractivity contribution in [1.29, 1.82) is 0 Å². The SMILES string of the molecule is c1coc(CNc2nnc(SCCCc3nc(-c4cccs4)no3)s2)c1. The van der Waals surface area contributed by atoms with Crippen LogP contribution in [0.1, 0.15) is 18.1 Å². The summed E-state index contributed by atoms with van der Waals surface area (Å²) in [5.41, 5.74) is 0. The largest absolute Gasteiger partial charge is 0.467 e. The fourth-order valence-electron chi connectivity index (χ4n) is 2.16. The molecule has 0 saturated carbocycles. The summed E-state index contributed by atoms with van der Waals surface area (Å²) in [5, 5.41) is 18.3. The van der Waals surface area contributed by atoms with E-state index in [2.05, 4.69) is 25.7 Å². The minimum atomic E-state index is 0.607. The van der Waals surface area contributed by atoms with Gasteiger partial charge in [-0.05, 0) is 30.0 Å². The van der Waals surface area contributed by atoms with Crippen molar-refractivity contribution in [2.45, 2.75) is 23.7 Å². The molecule has 0 aliphatic rings. The topological polar surface area (TPSA) is 89.9 Å². The zero-order chi connectivity index (χ0) is 17.6. The third kappa shape index (κ3) is 4.51. The molecule has 0 spiro atoms. The molecule has 0 amide bonds. The summed E-state index contributed by atoms with van der Waals surface area (Å²) in [5.74, 6) is 3.13. The summed E-state index contributed by atoms with van der Waals surface area (Å²) in [6.07, 6.45) is 3.35. The maximum atomic E-state index is 5.30. The fraction of sp³-hybridized carbons (Fsp3) is 0.250. The highest BCUT2D eigenvalue weighted by Gasteiger charge is 2.10. The predicted octanol–water partition coefficient (Wildman–Crippen LogP) is 4.58. The lowest BCUT2D eigenvalue weighted by Crippen LogP contribution is -1.96. The average Bonchev–Trinajstić information content (AvgIpc) is 3.45. The van der Waals surface area contributed by atoms with Crippen LogP contribution in [0.15, 0.2) is 49.2 Å². The van der Waals surface area contributed by atoms with Crippen LogP contribution in [0.5, 0.6) is 0 Å². The molecule has 7 nitrogen and oxygen atoms in total. The van der Waals surface area contributed by atoms with Crippen molar-refractivity contribution in [3.63, 3.8) is 0 Å². The van der Waals surface area contributed by atoms with Crippen LogP contribution in [0.2, 0.25) is 0 Å². The van der Waals surface area contributed by atoms with Gasteiger partial charge in [0.1, 0.15) is 5.76 Å². The summed E-state index contributed by atoms with van der Waals surface area (Å²) in [4.78, 5) is 5.45. The molecule has 4 rings (SSSR count). The van der Waals surface area contributed by atoms with E-state index >= 15 is 0 Å². The average molecular weight is 406 g/mol. The van der Waals surface area contributed by atoms with Gasteiger partial charge in [0.25, 0.3) is 0 Å². The van der Waals surface area contributed by atoms with E-state index in [4.69, 9.17) is 8.94 Å². The number of anilines is 1. The van der Waals surface area contributed by atoms with Gasteiger partial charge < -0.3 is 14.3 Å². The maximum Gasteiger partial charge on any atom is 0.227 e. The van der Waals surface area contributed by atoms with Gasteiger partial charge >= 0.3 is 0 Å². The third-order valence-corrected chi connectivity index (χ3v) is 6.34. The molecule has 26 heavy (non-hydrogen) atoms. The quantitative estimate of drug-likeness (QED) is 0.320. The molecule has 1 N–H and O–H groups in total. The number of nitrogens with one attached hydrogen (secondary N) is 1. The molecule has 0 aliphatic heterocycles. The fourth-order valence-corrected chi connectivity index (χ4v) is 4.57. The first-order valence-electron chi connectivity index (χ1n) is 7.96. The highest BCUT2D eigenvalue weighted by molar-refractivity contribution is 8.01. The first-order chi connectivity index (χ1) is 12.9. The Labute approximate surface area is 161 Å². The molecular weight excluding hydrogens is 390 g/mol. The van der Waals surface area contributed by atoms with E-state index in [9.17, 15) is 0 Å². The Hall–Kier alpha value is -2.17. The van der Waals surface area contributed by atoms with E-state index < -0.39 is 0 Å². The molecule has 10 heteroatoms. The van der Waals surface area contributed by atoms with Crippen molar-refractivity contribution in [1.82, 2.24) is 20.3 Å². The number of thiophene rings is 1. The van der Waals surface area contributed by atoms with Crippen molar-refractivity contribution in [3.8, 4) is 10.7 Å². The number of hydrogen-bond donors (Lipinski definition) is 1. The smallest absolute Gasteiger partial charge is 0.227 e. The van der Waals surface area contributed by atoms with Crippen LogP contribution in [0.25, 0.3) is 10.7 Å².